The highest BCUT2D eigenvalue weighted by Crippen LogP contribution is 2.22. The van der Waals surface area contributed by atoms with Gasteiger partial charge in [0, 0.05) is 8.07 Å². The van der Waals surface area contributed by atoms with Gasteiger partial charge >= 0.3 is 5.97 Å². The smallest absolute Gasteiger partial charge is 0.322 e. The molecular formula is C17H27N3O4SSi. The molecular weight excluding hydrogens is 370 g/mol. The van der Waals surface area contributed by atoms with E-state index in [1.807, 2.05) is 0 Å². The number of ether oxygens (including phenoxy) is 1. The third kappa shape index (κ3) is 4.71. The van der Waals surface area contributed by atoms with Crippen molar-refractivity contribution >= 4 is 35.1 Å². The molecule has 7 nitrogen and oxygen atoms in total. The number of esters is 1. The maximum absolute atomic E-state index is 12.9. The lowest BCUT2D eigenvalue weighted by Crippen LogP contribution is -2.33. The van der Waals surface area contributed by atoms with Crippen LogP contribution in [-0.4, -0.2) is 50.3 Å². The highest BCUT2D eigenvalue weighted by atomic mass is 32.2. The molecule has 1 atom stereocenters. The molecule has 0 radical (unpaired) electrons. The molecule has 1 aromatic carbocycles. The molecule has 1 heterocycles. The van der Waals surface area contributed by atoms with Crippen LogP contribution in [-0.2, 0) is 26.0 Å². The van der Waals surface area contributed by atoms with E-state index in [4.69, 9.17) is 5.73 Å². The van der Waals surface area contributed by atoms with Gasteiger partial charge in [-0.05, 0) is 37.1 Å². The highest BCUT2D eigenvalue weighted by Gasteiger charge is 2.24. The average molecular weight is 398 g/mol. The number of aryl methyl sites for hydroxylation is 1. The summed E-state index contributed by atoms with van der Waals surface area (Å²) in [6, 6.07) is 5.19. The number of carbonyl (C=O) groups is 1. The Morgan fingerprint density at radius 2 is 2.00 bits per heavy atom. The fourth-order valence-corrected chi connectivity index (χ4v) is 7.27. The van der Waals surface area contributed by atoms with Gasteiger partial charge in [0.15, 0.2) is 0 Å². The minimum Gasteiger partial charge on any atom is -0.468 e. The first-order chi connectivity index (χ1) is 11.9. The molecule has 0 aliphatic heterocycles. The minimum atomic E-state index is -3.51. The van der Waals surface area contributed by atoms with E-state index in [1.54, 1.807) is 25.1 Å². The first-order valence-electron chi connectivity index (χ1n) is 8.49. The molecule has 2 rings (SSSR count). The summed E-state index contributed by atoms with van der Waals surface area (Å²) < 4.78 is 31.8. The highest BCUT2D eigenvalue weighted by molar-refractivity contribution is 7.90. The number of methoxy groups -OCH3 is 1. The van der Waals surface area contributed by atoms with Crippen LogP contribution in [0.1, 0.15) is 11.4 Å². The number of hydrogen-bond acceptors (Lipinski definition) is 6. The van der Waals surface area contributed by atoms with Gasteiger partial charge in [0.1, 0.15) is 11.9 Å². The Balaban J connectivity index is 2.42. The number of imidazole rings is 1. The van der Waals surface area contributed by atoms with Gasteiger partial charge in [-0.1, -0.05) is 25.7 Å². The molecule has 0 amide bonds. The first-order valence-corrected chi connectivity index (χ1v) is 13.8. The zero-order valence-electron chi connectivity index (χ0n) is 15.9. The molecule has 0 fully saturated rings. The molecule has 2 N–H and O–H groups in total. The predicted molar refractivity (Wildman–Crippen MR) is 106 cm³/mol. The third-order valence-corrected chi connectivity index (χ3v) is 8.03. The van der Waals surface area contributed by atoms with Crippen LogP contribution >= 0.6 is 0 Å². The normalized spacial score (nSPS) is 13.8. The Morgan fingerprint density at radius 1 is 1.35 bits per heavy atom. The lowest BCUT2D eigenvalue weighted by Gasteiger charge is -2.16. The van der Waals surface area contributed by atoms with Crippen molar-refractivity contribution in [2.45, 2.75) is 45.1 Å². The number of carbonyl (C=O) groups excluding carboxylic acids is 1. The Hall–Kier alpha value is -1.71. The summed E-state index contributed by atoms with van der Waals surface area (Å²) in [4.78, 5) is 15.9. The van der Waals surface area contributed by atoms with Crippen LogP contribution in [0.3, 0.4) is 0 Å². The zero-order valence-corrected chi connectivity index (χ0v) is 17.8. The number of benzene rings is 1. The quantitative estimate of drug-likeness (QED) is 0.565. The average Bonchev–Trinajstić information content (AvgIpc) is 2.87. The summed E-state index contributed by atoms with van der Waals surface area (Å²) in [7, 11) is -3.72. The molecule has 0 aliphatic carbocycles. The zero-order chi connectivity index (χ0) is 19.7. The lowest BCUT2D eigenvalue weighted by atomic mass is 10.1. The first kappa shape index (κ1) is 20.6. The molecule has 2 aromatic rings. The van der Waals surface area contributed by atoms with E-state index >= 15 is 0 Å². The van der Waals surface area contributed by atoms with Gasteiger partial charge < -0.3 is 10.5 Å². The molecule has 0 spiro atoms. The van der Waals surface area contributed by atoms with Crippen molar-refractivity contribution < 1.29 is 17.9 Å². The number of nitrogens with two attached hydrogens (primary N) is 1. The van der Waals surface area contributed by atoms with Gasteiger partial charge in [0.25, 0.3) is 0 Å². The Bertz CT molecular complexity index is 916. The molecule has 0 aliphatic rings. The van der Waals surface area contributed by atoms with Crippen LogP contribution in [0.25, 0.3) is 11.0 Å². The number of hydrogen-bond donors (Lipinski definition) is 1. The summed E-state index contributed by atoms with van der Waals surface area (Å²) in [5, 5.41) is 0. The van der Waals surface area contributed by atoms with E-state index < -0.39 is 30.1 Å². The van der Waals surface area contributed by atoms with E-state index in [-0.39, 0.29) is 12.2 Å². The summed E-state index contributed by atoms with van der Waals surface area (Å²) in [6.07, 6.45) is 0.266. The SMILES string of the molecule is COC(=O)C(N)Cc1ccc2nc(C)n(S(=O)(=O)CC[Si](C)(C)C)c2c1. The van der Waals surface area contributed by atoms with Crippen LogP contribution in [0.2, 0.25) is 25.7 Å². The Labute approximate surface area is 155 Å². The van der Waals surface area contributed by atoms with Gasteiger partial charge in [-0.2, -0.15) is 0 Å². The molecule has 0 saturated carbocycles. The van der Waals surface area contributed by atoms with Crippen LogP contribution < -0.4 is 5.73 Å². The summed E-state index contributed by atoms with van der Waals surface area (Å²) in [5.41, 5.74) is 7.71. The van der Waals surface area contributed by atoms with Crippen molar-refractivity contribution in [1.82, 2.24) is 8.96 Å². The van der Waals surface area contributed by atoms with E-state index in [0.717, 1.165) is 5.56 Å². The van der Waals surface area contributed by atoms with E-state index in [0.29, 0.717) is 22.9 Å². The summed E-state index contributed by atoms with van der Waals surface area (Å²) in [6.45, 7) is 8.13. The van der Waals surface area contributed by atoms with E-state index in [9.17, 15) is 13.2 Å². The number of nitrogens with zero attached hydrogens (tertiary/aromatic N) is 2. The van der Waals surface area contributed by atoms with Crippen molar-refractivity contribution in [1.29, 1.82) is 0 Å². The number of aromatic nitrogens is 2. The van der Waals surface area contributed by atoms with Gasteiger partial charge in [0.2, 0.25) is 10.0 Å². The summed E-state index contributed by atoms with van der Waals surface area (Å²) in [5.74, 6) is 0.0310. The van der Waals surface area contributed by atoms with Gasteiger partial charge in [0.05, 0.1) is 23.9 Å². The Morgan fingerprint density at radius 3 is 2.58 bits per heavy atom. The summed E-state index contributed by atoms with van der Waals surface area (Å²) >= 11 is 0. The fraction of sp³-hybridized carbons (Fsp3) is 0.529. The number of fused-ring (bicyclic) bond motifs is 1. The second kappa shape index (κ2) is 7.49. The number of rotatable bonds is 7. The molecule has 144 valence electrons. The standard InChI is InChI=1S/C17H27N3O4SSi/c1-12-19-15-7-6-13(10-14(18)17(21)24-2)11-16(15)20(12)25(22,23)8-9-26(3,4)5/h6-7,11,14H,8-10,18H2,1-5H3. The van der Waals surface area contributed by atoms with Gasteiger partial charge in [-0.3, -0.25) is 4.79 Å². The van der Waals surface area contributed by atoms with Crippen molar-refractivity contribution in [3.05, 3.63) is 29.6 Å². The van der Waals surface area contributed by atoms with E-state index in [2.05, 4.69) is 29.4 Å². The van der Waals surface area contributed by atoms with Crippen molar-refractivity contribution in [3.63, 3.8) is 0 Å². The minimum absolute atomic E-state index is 0.0981. The van der Waals surface area contributed by atoms with Gasteiger partial charge in [-0.25, -0.2) is 17.4 Å². The van der Waals surface area contributed by atoms with Crippen LogP contribution in [0.5, 0.6) is 0 Å². The molecule has 26 heavy (non-hydrogen) atoms. The molecule has 1 unspecified atom stereocenters. The maximum Gasteiger partial charge on any atom is 0.322 e. The maximum atomic E-state index is 12.9. The molecule has 0 saturated heterocycles. The van der Waals surface area contributed by atoms with Crippen LogP contribution in [0, 0.1) is 6.92 Å². The van der Waals surface area contributed by atoms with E-state index in [1.165, 1.54) is 11.1 Å². The van der Waals surface area contributed by atoms with Crippen LogP contribution in [0.15, 0.2) is 18.2 Å². The van der Waals surface area contributed by atoms with Crippen LogP contribution in [0.4, 0.5) is 0 Å². The predicted octanol–water partition coefficient (Wildman–Crippen LogP) is 1.90. The monoisotopic (exact) mass is 397 g/mol. The largest absolute Gasteiger partial charge is 0.468 e. The molecule has 1 aromatic heterocycles. The second-order valence-corrected chi connectivity index (χ2v) is 15.3. The lowest BCUT2D eigenvalue weighted by molar-refractivity contribution is -0.142. The fourth-order valence-electron chi connectivity index (χ4n) is 2.71. The van der Waals surface area contributed by atoms with Crippen molar-refractivity contribution in [2.24, 2.45) is 5.73 Å². The van der Waals surface area contributed by atoms with Crippen molar-refractivity contribution in [2.75, 3.05) is 12.9 Å². The van der Waals surface area contributed by atoms with Crippen molar-refractivity contribution in [3.8, 4) is 0 Å². The topological polar surface area (TPSA) is 104 Å². The molecule has 0 bridgehead atoms. The third-order valence-electron chi connectivity index (χ3n) is 4.18. The van der Waals surface area contributed by atoms with Gasteiger partial charge in [-0.15, -0.1) is 0 Å². The Kier molecular flexibility index (Phi) is 5.94. The second-order valence-electron chi connectivity index (χ2n) is 7.71. The molecule has 9 heteroatoms.